The van der Waals surface area contributed by atoms with Gasteiger partial charge in [-0.3, -0.25) is 9.13 Å². The second-order valence-corrected chi connectivity index (χ2v) is 23.1. The highest BCUT2D eigenvalue weighted by Crippen LogP contribution is 2.44. The van der Waals surface area contributed by atoms with Crippen molar-refractivity contribution < 1.29 is 10.2 Å². The number of rotatable bonds is 10. The maximum absolute atomic E-state index is 11.5. The predicted octanol–water partition coefficient (Wildman–Crippen LogP) is 18.5. The standard InChI is InChI=1S/C74H60N6O2/c1-73(2,3)53-37-39-63(59(43-53)47-21-9-7-10-22-47)79-65-33-19-31-55(69(65)77-71(79)57-29-13-15-35-67(57)81)49-25-17-27-51(41-49)61-45-62(76-46-75-61)52-28-18-26-50(42-52)56-32-20-34-66-70(56)78-72(58-30-14-16-36-68(58)82)80(66)64-40-38-54(74(4,5)6)44-60(64)48-23-11-8-12-24-48/h7-46,81-82H,1-6H3. The van der Waals surface area contributed by atoms with Gasteiger partial charge in [0.15, 0.2) is 0 Å². The number of fused-ring (bicyclic) bond motifs is 2. The lowest BCUT2D eigenvalue weighted by Crippen LogP contribution is -2.12. The van der Waals surface area contributed by atoms with Crippen molar-refractivity contribution in [3.8, 4) is 113 Å². The first-order chi connectivity index (χ1) is 39.8. The second-order valence-electron chi connectivity index (χ2n) is 23.1. The largest absolute Gasteiger partial charge is 0.507 e. The number of aromatic hydroxyl groups is 2. The molecule has 0 aliphatic heterocycles. The monoisotopic (exact) mass is 1060 g/mol. The Morgan fingerprint density at radius 1 is 0.317 bits per heavy atom. The van der Waals surface area contributed by atoms with E-state index in [-0.39, 0.29) is 22.3 Å². The summed E-state index contributed by atoms with van der Waals surface area (Å²) in [6.07, 6.45) is 1.64. The van der Waals surface area contributed by atoms with Crippen molar-refractivity contribution in [1.29, 1.82) is 0 Å². The summed E-state index contributed by atoms with van der Waals surface area (Å²) in [4.78, 5) is 20.6. The molecular formula is C74H60N6O2. The van der Waals surface area contributed by atoms with Crippen molar-refractivity contribution in [1.82, 2.24) is 29.1 Å². The SMILES string of the molecule is CC(C)(C)c1ccc(-n2c(-c3ccccc3O)nc3c(-c4cccc(-c5cc(-c6cccc(-c7cccc8c7nc(-c7ccccc7O)n8-c7ccc(C(C)(C)C)cc7-c7ccccc7)c6)ncn5)c4)cccc32)c(-c2ccccc2)c1. The summed E-state index contributed by atoms with van der Waals surface area (Å²) in [7, 11) is 0. The summed E-state index contributed by atoms with van der Waals surface area (Å²) in [5, 5.41) is 22.9. The number of imidazole rings is 2. The molecule has 10 aromatic carbocycles. The normalized spacial score (nSPS) is 11.9. The van der Waals surface area contributed by atoms with Gasteiger partial charge in [-0.2, -0.15) is 0 Å². The first kappa shape index (κ1) is 51.3. The van der Waals surface area contributed by atoms with Crippen LogP contribution in [-0.4, -0.2) is 39.3 Å². The molecule has 0 unspecified atom stereocenters. The lowest BCUT2D eigenvalue weighted by molar-refractivity contribution is 0.476. The van der Waals surface area contributed by atoms with E-state index in [0.717, 1.165) is 100 Å². The van der Waals surface area contributed by atoms with E-state index in [1.807, 2.05) is 54.6 Å². The zero-order chi connectivity index (χ0) is 56.3. The van der Waals surface area contributed by atoms with E-state index in [1.165, 1.54) is 11.1 Å². The average Bonchev–Trinajstić information content (AvgIpc) is 4.26. The highest BCUT2D eigenvalue weighted by molar-refractivity contribution is 5.99. The van der Waals surface area contributed by atoms with Crippen molar-refractivity contribution in [3.63, 3.8) is 0 Å². The molecule has 0 radical (unpaired) electrons. The zero-order valence-electron chi connectivity index (χ0n) is 46.7. The molecule has 3 heterocycles. The van der Waals surface area contributed by atoms with Gasteiger partial charge in [0.05, 0.1) is 56.0 Å². The van der Waals surface area contributed by atoms with E-state index in [2.05, 4.69) is 221 Å². The second kappa shape index (κ2) is 20.5. The molecule has 0 amide bonds. The Bertz CT molecular complexity index is 4270. The van der Waals surface area contributed by atoms with Crippen LogP contribution in [0.25, 0.3) is 123 Å². The van der Waals surface area contributed by atoms with Crippen LogP contribution in [0, 0.1) is 0 Å². The van der Waals surface area contributed by atoms with Crippen molar-refractivity contribution in [3.05, 3.63) is 254 Å². The van der Waals surface area contributed by atoms with Crippen LogP contribution in [0.4, 0.5) is 0 Å². The zero-order valence-corrected chi connectivity index (χ0v) is 46.7. The number of nitrogens with zero attached hydrogens (tertiary/aromatic N) is 6. The van der Waals surface area contributed by atoms with Gasteiger partial charge in [0.1, 0.15) is 29.5 Å². The Morgan fingerprint density at radius 3 is 1.10 bits per heavy atom. The highest BCUT2D eigenvalue weighted by Gasteiger charge is 2.26. The Labute approximate surface area is 478 Å². The van der Waals surface area contributed by atoms with Gasteiger partial charge in [-0.1, -0.05) is 199 Å². The minimum Gasteiger partial charge on any atom is -0.507 e. The Hall–Kier alpha value is -10.2. The summed E-state index contributed by atoms with van der Waals surface area (Å²) >= 11 is 0. The number of para-hydroxylation sites is 4. The average molecular weight is 1070 g/mol. The number of aromatic nitrogens is 6. The fourth-order valence-corrected chi connectivity index (χ4v) is 11.3. The number of hydrogen-bond acceptors (Lipinski definition) is 6. The van der Waals surface area contributed by atoms with Gasteiger partial charge < -0.3 is 10.2 Å². The van der Waals surface area contributed by atoms with Crippen LogP contribution in [-0.2, 0) is 10.8 Å². The third-order valence-corrected chi connectivity index (χ3v) is 15.6. The van der Waals surface area contributed by atoms with Crippen LogP contribution in [0.2, 0.25) is 0 Å². The van der Waals surface area contributed by atoms with Crippen molar-refractivity contribution in [2.75, 3.05) is 0 Å². The molecule has 0 bridgehead atoms. The van der Waals surface area contributed by atoms with Crippen LogP contribution >= 0.6 is 0 Å². The molecule has 8 nitrogen and oxygen atoms in total. The van der Waals surface area contributed by atoms with Crippen LogP contribution in [0.15, 0.2) is 243 Å². The fourth-order valence-electron chi connectivity index (χ4n) is 11.3. The molecule has 0 aliphatic carbocycles. The number of phenolic OH excluding ortho intramolecular Hbond substituents is 2. The van der Waals surface area contributed by atoms with Gasteiger partial charge in [-0.15, -0.1) is 0 Å². The maximum atomic E-state index is 11.5. The van der Waals surface area contributed by atoms with Gasteiger partial charge >= 0.3 is 0 Å². The molecule has 0 saturated carbocycles. The number of benzene rings is 10. The molecule has 13 aromatic rings. The molecule has 0 atom stereocenters. The van der Waals surface area contributed by atoms with E-state index >= 15 is 0 Å². The summed E-state index contributed by atoms with van der Waals surface area (Å²) in [6, 6.07) is 80.8. The molecule has 0 saturated heterocycles. The number of hydrogen-bond donors (Lipinski definition) is 2. The highest BCUT2D eigenvalue weighted by atomic mass is 16.3. The lowest BCUT2D eigenvalue weighted by Gasteiger charge is -2.23. The molecular weight excluding hydrogens is 1000 g/mol. The Morgan fingerprint density at radius 2 is 0.683 bits per heavy atom. The molecule has 82 heavy (non-hydrogen) atoms. The minimum atomic E-state index is -0.0805. The smallest absolute Gasteiger partial charge is 0.149 e. The Kier molecular flexibility index (Phi) is 12.8. The topological polar surface area (TPSA) is 102 Å². The van der Waals surface area contributed by atoms with E-state index < -0.39 is 0 Å². The van der Waals surface area contributed by atoms with Gasteiger partial charge in [-0.25, -0.2) is 19.9 Å². The van der Waals surface area contributed by atoms with Gasteiger partial charge in [-0.05, 0) is 123 Å². The lowest BCUT2D eigenvalue weighted by atomic mass is 9.85. The van der Waals surface area contributed by atoms with Crippen LogP contribution in [0.3, 0.4) is 0 Å². The molecule has 0 aliphatic rings. The van der Waals surface area contributed by atoms with E-state index in [9.17, 15) is 10.2 Å². The molecule has 0 spiro atoms. The first-order valence-electron chi connectivity index (χ1n) is 27.8. The minimum absolute atomic E-state index is 0.0805. The van der Waals surface area contributed by atoms with Crippen LogP contribution in [0.5, 0.6) is 11.5 Å². The molecule has 0 fully saturated rings. The quantitative estimate of drug-likeness (QED) is 0.141. The Balaban J connectivity index is 0.904. The van der Waals surface area contributed by atoms with Crippen LogP contribution < -0.4 is 0 Å². The molecule has 13 rings (SSSR count). The third-order valence-electron chi connectivity index (χ3n) is 15.6. The van der Waals surface area contributed by atoms with Gasteiger partial charge in [0.2, 0.25) is 0 Å². The molecule has 2 N–H and O–H groups in total. The summed E-state index contributed by atoms with van der Waals surface area (Å²) in [5.41, 5.74) is 20.5. The van der Waals surface area contributed by atoms with E-state index in [4.69, 9.17) is 19.9 Å². The van der Waals surface area contributed by atoms with Crippen molar-refractivity contribution in [2.45, 2.75) is 52.4 Å². The third kappa shape index (κ3) is 9.37. The fraction of sp³-hybridized carbons (Fsp3) is 0.108. The number of phenols is 2. The molecule has 398 valence electrons. The van der Waals surface area contributed by atoms with Crippen LogP contribution in [0.1, 0.15) is 52.7 Å². The first-order valence-corrected chi connectivity index (χ1v) is 27.8. The maximum Gasteiger partial charge on any atom is 0.149 e. The summed E-state index contributed by atoms with van der Waals surface area (Å²) < 4.78 is 4.40. The van der Waals surface area contributed by atoms with Gasteiger partial charge in [0.25, 0.3) is 0 Å². The molecule has 3 aromatic heterocycles. The van der Waals surface area contributed by atoms with Crippen molar-refractivity contribution in [2.24, 2.45) is 0 Å². The van der Waals surface area contributed by atoms with E-state index in [0.29, 0.717) is 22.8 Å². The summed E-state index contributed by atoms with van der Waals surface area (Å²) in [5.74, 6) is 1.59. The van der Waals surface area contributed by atoms with Crippen molar-refractivity contribution >= 4 is 22.1 Å². The predicted molar refractivity (Wildman–Crippen MR) is 336 cm³/mol. The summed E-state index contributed by atoms with van der Waals surface area (Å²) in [6.45, 7) is 13.4. The van der Waals surface area contributed by atoms with E-state index in [1.54, 1.807) is 18.5 Å². The molecule has 8 heteroatoms. The van der Waals surface area contributed by atoms with Gasteiger partial charge in [0, 0.05) is 33.4 Å².